The molecule has 0 atom stereocenters. The summed E-state index contributed by atoms with van der Waals surface area (Å²) in [6.07, 6.45) is 3.00. The van der Waals surface area contributed by atoms with Crippen molar-refractivity contribution in [1.82, 2.24) is 9.73 Å². The summed E-state index contributed by atoms with van der Waals surface area (Å²) in [5.74, 6) is 0.474. The standard InChI is InChI=1S/C20H25N3O5S/c1-27-18-11-7-10-17(20(18)28-2)14-21-22-19(24)15-23(29(3,25)26)13-12-16-8-5-4-6-9-16/h4-11,14H,12-13,15H2,1-3H3,(H,22,24)/b21-14+. The molecule has 29 heavy (non-hydrogen) atoms. The third kappa shape index (κ3) is 6.88. The van der Waals surface area contributed by atoms with Gasteiger partial charge in [0, 0.05) is 12.1 Å². The molecule has 0 bridgehead atoms. The highest BCUT2D eigenvalue weighted by Gasteiger charge is 2.19. The molecule has 2 rings (SSSR count). The van der Waals surface area contributed by atoms with E-state index in [1.165, 1.54) is 20.4 Å². The minimum atomic E-state index is -3.54. The van der Waals surface area contributed by atoms with Crippen LogP contribution >= 0.6 is 0 Å². The van der Waals surface area contributed by atoms with Gasteiger partial charge in [0.15, 0.2) is 11.5 Å². The van der Waals surface area contributed by atoms with Crippen molar-refractivity contribution in [3.63, 3.8) is 0 Å². The third-order valence-corrected chi connectivity index (χ3v) is 5.36. The maximum atomic E-state index is 12.2. The quantitative estimate of drug-likeness (QED) is 0.467. The van der Waals surface area contributed by atoms with Crippen molar-refractivity contribution in [1.29, 1.82) is 0 Å². The molecular weight excluding hydrogens is 394 g/mol. The molecular formula is C20H25N3O5S. The molecule has 0 saturated heterocycles. The fourth-order valence-electron chi connectivity index (χ4n) is 2.64. The highest BCUT2D eigenvalue weighted by Crippen LogP contribution is 2.29. The average Bonchev–Trinajstić information content (AvgIpc) is 2.70. The predicted molar refractivity (Wildman–Crippen MR) is 112 cm³/mol. The van der Waals surface area contributed by atoms with Crippen LogP contribution in [0.4, 0.5) is 0 Å². The fourth-order valence-corrected chi connectivity index (χ4v) is 3.42. The molecule has 0 radical (unpaired) electrons. The summed E-state index contributed by atoms with van der Waals surface area (Å²) in [7, 11) is -0.515. The third-order valence-electron chi connectivity index (χ3n) is 4.11. The maximum Gasteiger partial charge on any atom is 0.255 e. The van der Waals surface area contributed by atoms with Crippen molar-refractivity contribution in [3.05, 3.63) is 59.7 Å². The first-order chi connectivity index (χ1) is 13.8. The van der Waals surface area contributed by atoms with E-state index in [9.17, 15) is 13.2 Å². The number of ether oxygens (including phenoxy) is 2. The Morgan fingerprint density at radius 3 is 2.45 bits per heavy atom. The van der Waals surface area contributed by atoms with Gasteiger partial charge in [-0.15, -0.1) is 0 Å². The molecule has 0 heterocycles. The molecule has 156 valence electrons. The van der Waals surface area contributed by atoms with Crippen molar-refractivity contribution in [3.8, 4) is 11.5 Å². The second kappa shape index (κ2) is 10.6. The van der Waals surface area contributed by atoms with Crippen molar-refractivity contribution < 1.29 is 22.7 Å². The van der Waals surface area contributed by atoms with Gasteiger partial charge in [-0.2, -0.15) is 9.41 Å². The van der Waals surface area contributed by atoms with Crippen LogP contribution in [0.15, 0.2) is 53.6 Å². The molecule has 1 amide bonds. The van der Waals surface area contributed by atoms with E-state index in [2.05, 4.69) is 10.5 Å². The lowest BCUT2D eigenvalue weighted by atomic mass is 10.1. The van der Waals surface area contributed by atoms with Crippen LogP contribution in [0.3, 0.4) is 0 Å². The molecule has 0 aliphatic carbocycles. The molecule has 0 aliphatic heterocycles. The second-order valence-corrected chi connectivity index (χ2v) is 8.19. The summed E-state index contributed by atoms with van der Waals surface area (Å²) in [6, 6.07) is 14.7. The van der Waals surface area contributed by atoms with Gasteiger partial charge >= 0.3 is 0 Å². The number of nitrogens with zero attached hydrogens (tertiary/aromatic N) is 2. The number of rotatable bonds is 10. The van der Waals surface area contributed by atoms with Crippen molar-refractivity contribution >= 4 is 22.1 Å². The SMILES string of the molecule is COc1cccc(/C=N/NC(=O)CN(CCc2ccccc2)S(C)(=O)=O)c1OC. The zero-order valence-corrected chi connectivity index (χ0v) is 17.5. The lowest BCUT2D eigenvalue weighted by molar-refractivity contribution is -0.121. The number of carbonyl (C=O) groups is 1. The summed E-state index contributed by atoms with van der Waals surface area (Å²) >= 11 is 0. The van der Waals surface area contributed by atoms with Crippen LogP contribution in [0, 0.1) is 0 Å². The Morgan fingerprint density at radius 2 is 1.83 bits per heavy atom. The topological polar surface area (TPSA) is 97.3 Å². The Kier molecular flexibility index (Phi) is 8.17. The number of para-hydroxylation sites is 1. The van der Waals surface area contributed by atoms with E-state index < -0.39 is 15.9 Å². The molecule has 0 saturated carbocycles. The zero-order chi connectivity index (χ0) is 21.3. The molecule has 0 aliphatic rings. The number of carbonyl (C=O) groups excluding carboxylic acids is 1. The molecule has 2 aromatic rings. The second-order valence-electron chi connectivity index (χ2n) is 6.21. The summed E-state index contributed by atoms with van der Waals surface area (Å²) in [6.45, 7) is -0.123. The van der Waals surface area contributed by atoms with Crippen molar-refractivity contribution in [2.24, 2.45) is 5.10 Å². The van der Waals surface area contributed by atoms with Gasteiger partial charge in [-0.25, -0.2) is 13.8 Å². The number of hydrogen-bond acceptors (Lipinski definition) is 6. The van der Waals surface area contributed by atoms with Gasteiger partial charge in [-0.1, -0.05) is 36.4 Å². The molecule has 0 spiro atoms. The first-order valence-electron chi connectivity index (χ1n) is 8.87. The Balaban J connectivity index is 1.99. The van der Waals surface area contributed by atoms with Gasteiger partial charge in [0.1, 0.15) is 0 Å². The van der Waals surface area contributed by atoms with Crippen LogP contribution in [0.1, 0.15) is 11.1 Å². The Labute approximate surface area is 171 Å². The molecule has 1 N–H and O–H groups in total. The summed E-state index contributed by atoms with van der Waals surface area (Å²) in [5, 5.41) is 3.90. The van der Waals surface area contributed by atoms with E-state index in [1.54, 1.807) is 18.2 Å². The molecule has 8 nitrogen and oxygen atoms in total. The van der Waals surface area contributed by atoms with E-state index in [0.717, 1.165) is 16.1 Å². The van der Waals surface area contributed by atoms with E-state index in [1.807, 2.05) is 30.3 Å². The Hall–Kier alpha value is -2.91. The smallest absolute Gasteiger partial charge is 0.255 e. The van der Waals surface area contributed by atoms with Crippen molar-refractivity contribution in [2.75, 3.05) is 33.6 Å². The Morgan fingerprint density at radius 1 is 1.10 bits per heavy atom. The monoisotopic (exact) mass is 419 g/mol. The van der Waals surface area contributed by atoms with Gasteiger partial charge in [0.05, 0.1) is 33.2 Å². The maximum absolute atomic E-state index is 12.2. The minimum Gasteiger partial charge on any atom is -0.493 e. The zero-order valence-electron chi connectivity index (χ0n) is 16.7. The van der Waals surface area contributed by atoms with E-state index >= 15 is 0 Å². The van der Waals surface area contributed by atoms with E-state index in [-0.39, 0.29) is 13.1 Å². The van der Waals surface area contributed by atoms with Gasteiger partial charge < -0.3 is 9.47 Å². The van der Waals surface area contributed by atoms with Gasteiger partial charge in [-0.3, -0.25) is 4.79 Å². The van der Waals surface area contributed by atoms with Crippen molar-refractivity contribution in [2.45, 2.75) is 6.42 Å². The number of sulfonamides is 1. The number of benzene rings is 2. The number of hydrazone groups is 1. The van der Waals surface area contributed by atoms with Gasteiger partial charge in [0.25, 0.3) is 5.91 Å². The van der Waals surface area contributed by atoms with E-state index in [0.29, 0.717) is 23.5 Å². The molecule has 2 aromatic carbocycles. The molecule has 0 unspecified atom stereocenters. The Bertz CT molecular complexity index is 946. The van der Waals surface area contributed by atoms with Crippen LogP contribution in [-0.2, 0) is 21.2 Å². The molecule has 0 aromatic heterocycles. The highest BCUT2D eigenvalue weighted by atomic mass is 32.2. The van der Waals surface area contributed by atoms with Crippen LogP contribution in [0.5, 0.6) is 11.5 Å². The number of nitrogens with one attached hydrogen (secondary N) is 1. The van der Waals surface area contributed by atoms with E-state index in [4.69, 9.17) is 9.47 Å². The molecule has 9 heteroatoms. The normalized spacial score (nSPS) is 11.6. The largest absolute Gasteiger partial charge is 0.493 e. The lowest BCUT2D eigenvalue weighted by Gasteiger charge is -2.18. The summed E-state index contributed by atoms with van der Waals surface area (Å²) in [4.78, 5) is 12.2. The first kappa shape index (κ1) is 22.4. The average molecular weight is 420 g/mol. The highest BCUT2D eigenvalue weighted by molar-refractivity contribution is 7.88. The predicted octanol–water partition coefficient (Wildman–Crippen LogP) is 1.66. The van der Waals surface area contributed by atoms with Crippen LogP contribution < -0.4 is 14.9 Å². The number of amides is 1. The van der Waals surface area contributed by atoms with Crippen LogP contribution in [0.25, 0.3) is 0 Å². The summed E-state index contributed by atoms with van der Waals surface area (Å²) < 4.78 is 35.7. The number of methoxy groups -OCH3 is 2. The van der Waals surface area contributed by atoms with Gasteiger partial charge in [0.2, 0.25) is 10.0 Å². The van der Waals surface area contributed by atoms with Crippen LogP contribution in [0.2, 0.25) is 0 Å². The minimum absolute atomic E-state index is 0.198. The first-order valence-corrected chi connectivity index (χ1v) is 10.7. The lowest BCUT2D eigenvalue weighted by Crippen LogP contribution is -2.40. The fraction of sp³-hybridized carbons (Fsp3) is 0.300. The summed E-state index contributed by atoms with van der Waals surface area (Å²) in [5.41, 5.74) is 3.95. The molecule has 0 fully saturated rings. The van der Waals surface area contributed by atoms with Crippen LogP contribution in [-0.4, -0.2) is 58.4 Å². The number of hydrogen-bond donors (Lipinski definition) is 1. The van der Waals surface area contributed by atoms with Gasteiger partial charge in [-0.05, 0) is 24.1 Å².